The Morgan fingerprint density at radius 1 is 1.18 bits per heavy atom. The smallest absolute Gasteiger partial charge is 0.00235 e. The zero-order chi connectivity index (χ0) is 8.10. The zero-order valence-corrected chi connectivity index (χ0v) is 7.90. The first-order chi connectivity index (χ1) is 5.33. The highest BCUT2D eigenvalue weighted by molar-refractivity contribution is 4.68. The Hall–Kier alpha value is -0.0400. The van der Waals surface area contributed by atoms with E-state index in [1.54, 1.807) is 0 Å². The summed E-state index contributed by atoms with van der Waals surface area (Å²) in [5, 5.41) is 3.28. The molecule has 0 aromatic carbocycles. The molecule has 1 N–H and O–H groups in total. The molecular weight excluding hydrogens is 134 g/mol. The van der Waals surface area contributed by atoms with Gasteiger partial charge in [-0.1, -0.05) is 26.2 Å². The Morgan fingerprint density at radius 3 is 2.73 bits per heavy atom. The highest BCUT2D eigenvalue weighted by atomic mass is 14.8. The minimum atomic E-state index is 0.963. The normalized spacial score (nSPS) is 33.3. The van der Waals surface area contributed by atoms with Gasteiger partial charge < -0.3 is 5.32 Å². The first kappa shape index (κ1) is 9.05. The van der Waals surface area contributed by atoms with E-state index in [-0.39, 0.29) is 0 Å². The largest absolute Gasteiger partial charge is 0.319 e. The van der Waals surface area contributed by atoms with Crippen LogP contribution in [-0.4, -0.2) is 13.6 Å². The van der Waals surface area contributed by atoms with E-state index in [1.807, 2.05) is 0 Å². The van der Waals surface area contributed by atoms with Gasteiger partial charge in [0.15, 0.2) is 0 Å². The molecule has 0 aromatic rings. The lowest BCUT2D eigenvalue weighted by Crippen LogP contribution is -2.18. The molecule has 1 saturated carbocycles. The lowest BCUT2D eigenvalue weighted by Gasteiger charge is -2.12. The Morgan fingerprint density at radius 2 is 2.00 bits per heavy atom. The highest BCUT2D eigenvalue weighted by Gasteiger charge is 2.14. The summed E-state index contributed by atoms with van der Waals surface area (Å²) in [7, 11) is 2.06. The summed E-state index contributed by atoms with van der Waals surface area (Å²) in [5.41, 5.74) is 0. The van der Waals surface area contributed by atoms with E-state index in [9.17, 15) is 0 Å². The Bertz CT molecular complexity index is 101. The van der Waals surface area contributed by atoms with Crippen LogP contribution in [0.4, 0.5) is 0 Å². The van der Waals surface area contributed by atoms with Gasteiger partial charge >= 0.3 is 0 Å². The maximum Gasteiger partial charge on any atom is -0.00235 e. The van der Waals surface area contributed by atoms with Gasteiger partial charge in [-0.15, -0.1) is 0 Å². The third-order valence-corrected chi connectivity index (χ3v) is 2.87. The van der Waals surface area contributed by atoms with Gasteiger partial charge in [-0.05, 0) is 38.3 Å². The maximum absolute atomic E-state index is 3.28. The molecule has 0 radical (unpaired) electrons. The number of hydrogen-bond acceptors (Lipinski definition) is 1. The van der Waals surface area contributed by atoms with Crippen molar-refractivity contribution in [3.8, 4) is 0 Å². The zero-order valence-electron chi connectivity index (χ0n) is 7.90. The van der Waals surface area contributed by atoms with Crippen LogP contribution in [0.1, 0.15) is 39.0 Å². The number of hydrogen-bond donors (Lipinski definition) is 1. The van der Waals surface area contributed by atoms with Gasteiger partial charge in [-0.25, -0.2) is 0 Å². The molecule has 0 aliphatic heterocycles. The Kier molecular flexibility index (Phi) is 3.92. The Labute approximate surface area is 70.6 Å². The summed E-state index contributed by atoms with van der Waals surface area (Å²) in [6.07, 6.45) is 7.26. The van der Waals surface area contributed by atoms with Crippen molar-refractivity contribution in [1.82, 2.24) is 5.32 Å². The van der Waals surface area contributed by atoms with Crippen molar-refractivity contribution in [3.05, 3.63) is 0 Å². The van der Waals surface area contributed by atoms with Crippen molar-refractivity contribution >= 4 is 0 Å². The molecule has 0 amide bonds. The molecule has 1 aliphatic rings. The van der Waals surface area contributed by atoms with E-state index in [1.165, 1.54) is 38.6 Å². The molecule has 1 nitrogen and oxygen atoms in total. The molecule has 1 unspecified atom stereocenters. The summed E-state index contributed by atoms with van der Waals surface area (Å²) in [6.45, 7) is 3.62. The van der Waals surface area contributed by atoms with Crippen molar-refractivity contribution in [1.29, 1.82) is 0 Å². The van der Waals surface area contributed by atoms with Crippen molar-refractivity contribution in [2.24, 2.45) is 11.8 Å². The van der Waals surface area contributed by atoms with Crippen LogP contribution in [0.2, 0.25) is 0 Å². The fourth-order valence-electron chi connectivity index (χ4n) is 2.06. The minimum Gasteiger partial charge on any atom is -0.319 e. The molecule has 0 bridgehead atoms. The summed E-state index contributed by atoms with van der Waals surface area (Å²) in [5.74, 6) is 1.95. The van der Waals surface area contributed by atoms with Crippen LogP contribution >= 0.6 is 0 Å². The monoisotopic (exact) mass is 155 g/mol. The van der Waals surface area contributed by atoms with Gasteiger partial charge in [-0.2, -0.15) is 0 Å². The molecule has 0 heterocycles. The second-order valence-corrected chi connectivity index (χ2v) is 4.04. The topological polar surface area (TPSA) is 12.0 Å². The maximum atomic E-state index is 3.28. The SMILES string of the molecule is CNC[C@H]1CCCC(C)CC1. The molecule has 0 aromatic heterocycles. The van der Waals surface area contributed by atoms with Crippen LogP contribution in [0, 0.1) is 11.8 Å². The van der Waals surface area contributed by atoms with Crippen molar-refractivity contribution in [2.45, 2.75) is 39.0 Å². The summed E-state index contributed by atoms with van der Waals surface area (Å²) in [4.78, 5) is 0. The first-order valence-electron chi connectivity index (χ1n) is 4.97. The highest BCUT2D eigenvalue weighted by Crippen LogP contribution is 2.26. The average Bonchev–Trinajstić information content (AvgIpc) is 2.17. The standard InChI is InChI=1S/C10H21N/c1-9-4-3-5-10(7-6-9)8-11-2/h9-11H,3-8H2,1-2H3/t9?,10-/m0/s1. The van der Waals surface area contributed by atoms with Crippen LogP contribution in [0.15, 0.2) is 0 Å². The van der Waals surface area contributed by atoms with Gasteiger partial charge in [0, 0.05) is 0 Å². The van der Waals surface area contributed by atoms with Crippen molar-refractivity contribution < 1.29 is 0 Å². The van der Waals surface area contributed by atoms with Crippen molar-refractivity contribution in [3.63, 3.8) is 0 Å². The second-order valence-electron chi connectivity index (χ2n) is 4.04. The van der Waals surface area contributed by atoms with E-state index >= 15 is 0 Å². The minimum absolute atomic E-state index is 0.963. The summed E-state index contributed by atoms with van der Waals surface area (Å²) in [6, 6.07) is 0. The van der Waals surface area contributed by atoms with E-state index in [0.29, 0.717) is 0 Å². The van der Waals surface area contributed by atoms with E-state index in [0.717, 1.165) is 11.8 Å². The number of nitrogens with one attached hydrogen (secondary N) is 1. The molecular formula is C10H21N. The predicted octanol–water partition coefficient (Wildman–Crippen LogP) is 2.42. The second kappa shape index (κ2) is 4.76. The van der Waals surface area contributed by atoms with Gasteiger partial charge in [0.1, 0.15) is 0 Å². The van der Waals surface area contributed by atoms with E-state index in [2.05, 4.69) is 19.3 Å². The third kappa shape index (κ3) is 3.24. The predicted molar refractivity (Wildman–Crippen MR) is 49.7 cm³/mol. The molecule has 1 fully saturated rings. The molecule has 1 rings (SSSR count). The Balaban J connectivity index is 2.22. The van der Waals surface area contributed by atoms with Crippen LogP contribution in [0.25, 0.3) is 0 Å². The summed E-state index contributed by atoms with van der Waals surface area (Å²) >= 11 is 0. The summed E-state index contributed by atoms with van der Waals surface area (Å²) < 4.78 is 0. The first-order valence-corrected chi connectivity index (χ1v) is 4.97. The van der Waals surface area contributed by atoms with E-state index in [4.69, 9.17) is 0 Å². The third-order valence-electron chi connectivity index (χ3n) is 2.87. The number of rotatable bonds is 2. The van der Waals surface area contributed by atoms with Crippen molar-refractivity contribution in [2.75, 3.05) is 13.6 Å². The molecule has 1 heteroatoms. The van der Waals surface area contributed by atoms with Gasteiger partial charge in [0.25, 0.3) is 0 Å². The van der Waals surface area contributed by atoms with Crippen LogP contribution in [0.5, 0.6) is 0 Å². The van der Waals surface area contributed by atoms with Crippen LogP contribution in [-0.2, 0) is 0 Å². The lowest BCUT2D eigenvalue weighted by molar-refractivity contribution is 0.430. The molecule has 0 saturated heterocycles. The molecule has 66 valence electrons. The van der Waals surface area contributed by atoms with Gasteiger partial charge in [-0.3, -0.25) is 0 Å². The molecule has 0 spiro atoms. The van der Waals surface area contributed by atoms with Crippen LogP contribution in [0.3, 0.4) is 0 Å². The fourth-order valence-corrected chi connectivity index (χ4v) is 2.06. The quantitative estimate of drug-likeness (QED) is 0.604. The fraction of sp³-hybridized carbons (Fsp3) is 1.00. The van der Waals surface area contributed by atoms with Crippen LogP contribution < -0.4 is 5.32 Å². The van der Waals surface area contributed by atoms with Gasteiger partial charge in [0.2, 0.25) is 0 Å². The van der Waals surface area contributed by atoms with Gasteiger partial charge in [0.05, 0.1) is 0 Å². The van der Waals surface area contributed by atoms with E-state index < -0.39 is 0 Å². The average molecular weight is 155 g/mol. The molecule has 11 heavy (non-hydrogen) atoms. The lowest BCUT2D eigenvalue weighted by atomic mass is 9.99. The molecule has 2 atom stereocenters. The molecule has 1 aliphatic carbocycles.